The molecule has 0 heterocycles. The van der Waals surface area contributed by atoms with Crippen LogP contribution < -0.4 is 5.32 Å². The van der Waals surface area contributed by atoms with E-state index < -0.39 is 29.6 Å². The molecule has 20 heavy (non-hydrogen) atoms. The Morgan fingerprint density at radius 3 is 2.50 bits per heavy atom. The third-order valence-corrected chi connectivity index (χ3v) is 3.39. The number of rotatable bonds is 6. The van der Waals surface area contributed by atoms with Gasteiger partial charge < -0.3 is 15.5 Å². The van der Waals surface area contributed by atoms with Crippen molar-refractivity contribution in [1.29, 1.82) is 0 Å². The topological polar surface area (TPSA) is 113 Å². The van der Waals surface area contributed by atoms with Gasteiger partial charge in [-0.3, -0.25) is 14.9 Å². The van der Waals surface area contributed by atoms with Crippen molar-refractivity contribution in [3.63, 3.8) is 0 Å². The van der Waals surface area contributed by atoms with E-state index in [0.29, 0.717) is 6.42 Å². The van der Waals surface area contributed by atoms with Crippen molar-refractivity contribution in [3.05, 3.63) is 38.9 Å². The summed E-state index contributed by atoms with van der Waals surface area (Å²) in [6.45, 7) is 0.805. The molecule has 110 valence electrons. The number of carbonyl (C=O) groups is 1. The third-order valence-electron chi connectivity index (χ3n) is 3.07. The van der Waals surface area contributed by atoms with Gasteiger partial charge in [-0.25, -0.2) is 0 Å². The molecule has 0 aliphatic carbocycles. The van der Waals surface area contributed by atoms with Crippen LogP contribution in [0.2, 0.25) is 5.02 Å². The van der Waals surface area contributed by atoms with Gasteiger partial charge in [0.1, 0.15) is 5.02 Å². The fraction of sp³-hybridized carbons (Fsp3) is 0.417. The van der Waals surface area contributed by atoms with Crippen molar-refractivity contribution < 1.29 is 19.9 Å². The molecule has 1 rings (SSSR count). The number of benzene rings is 1. The minimum absolute atomic E-state index is 0.0285. The van der Waals surface area contributed by atoms with Crippen LogP contribution in [0.15, 0.2) is 18.2 Å². The normalized spacial score (nSPS) is 11.2. The Bertz CT molecular complexity index is 508. The number of hydrogen-bond acceptors (Lipinski definition) is 5. The largest absolute Gasteiger partial charge is 0.394 e. The first kappa shape index (κ1) is 16.4. The molecule has 7 nitrogen and oxygen atoms in total. The molecule has 0 saturated heterocycles. The highest BCUT2D eigenvalue weighted by molar-refractivity contribution is 6.32. The van der Waals surface area contributed by atoms with E-state index in [2.05, 4.69) is 5.32 Å². The number of nitrogens with zero attached hydrogens (tertiary/aromatic N) is 1. The molecule has 3 N–H and O–H groups in total. The Hall–Kier alpha value is -1.70. The van der Waals surface area contributed by atoms with Gasteiger partial charge in [0.2, 0.25) is 0 Å². The Kier molecular flexibility index (Phi) is 5.43. The summed E-state index contributed by atoms with van der Waals surface area (Å²) >= 11 is 5.66. The minimum atomic E-state index is -1.16. The Balaban J connectivity index is 3.04. The van der Waals surface area contributed by atoms with E-state index in [0.717, 1.165) is 6.07 Å². The number of nitro groups is 1. The van der Waals surface area contributed by atoms with E-state index in [9.17, 15) is 25.1 Å². The first-order valence-corrected chi connectivity index (χ1v) is 6.25. The molecule has 0 atom stereocenters. The van der Waals surface area contributed by atoms with Crippen LogP contribution in [-0.4, -0.2) is 39.8 Å². The van der Waals surface area contributed by atoms with Crippen molar-refractivity contribution in [2.75, 3.05) is 13.2 Å². The molecule has 0 aliphatic heterocycles. The maximum atomic E-state index is 12.0. The second kappa shape index (κ2) is 6.65. The van der Waals surface area contributed by atoms with Crippen LogP contribution in [0, 0.1) is 10.1 Å². The molecular weight excluding hydrogens is 288 g/mol. The number of nitrogens with one attached hydrogen (secondary N) is 1. The van der Waals surface area contributed by atoms with Crippen LogP contribution in [0.3, 0.4) is 0 Å². The molecule has 0 radical (unpaired) electrons. The highest BCUT2D eigenvalue weighted by atomic mass is 35.5. The van der Waals surface area contributed by atoms with E-state index in [1.807, 2.05) is 0 Å². The zero-order valence-corrected chi connectivity index (χ0v) is 11.6. The summed E-state index contributed by atoms with van der Waals surface area (Å²) in [6, 6.07) is 3.63. The summed E-state index contributed by atoms with van der Waals surface area (Å²) in [5.74, 6) is -0.630. The van der Waals surface area contributed by atoms with Gasteiger partial charge in [-0.05, 0) is 18.6 Å². The Morgan fingerprint density at radius 2 is 2.05 bits per heavy atom. The lowest BCUT2D eigenvalue weighted by atomic mass is 9.97. The summed E-state index contributed by atoms with van der Waals surface area (Å²) < 4.78 is 0. The molecule has 1 amide bonds. The number of aliphatic hydroxyl groups is 2. The molecule has 1 aromatic carbocycles. The number of aliphatic hydroxyl groups excluding tert-OH is 2. The average Bonchev–Trinajstić information content (AvgIpc) is 2.45. The van der Waals surface area contributed by atoms with E-state index >= 15 is 0 Å². The predicted molar refractivity (Wildman–Crippen MR) is 72.8 cm³/mol. The highest BCUT2D eigenvalue weighted by Gasteiger charge is 2.29. The number of hydrogen-bond donors (Lipinski definition) is 3. The fourth-order valence-corrected chi connectivity index (χ4v) is 1.73. The number of amides is 1. The SMILES string of the molecule is CCC(CO)(CO)NC(=O)c1ccc(Cl)c([N+](=O)[O-])c1. The Morgan fingerprint density at radius 1 is 1.45 bits per heavy atom. The molecule has 0 unspecified atom stereocenters. The molecule has 0 aliphatic rings. The van der Waals surface area contributed by atoms with E-state index in [1.54, 1.807) is 6.92 Å². The van der Waals surface area contributed by atoms with Crippen LogP contribution in [0.5, 0.6) is 0 Å². The Labute approximate surface area is 120 Å². The number of carbonyl (C=O) groups excluding carboxylic acids is 1. The fourth-order valence-electron chi connectivity index (χ4n) is 1.55. The van der Waals surface area contributed by atoms with Crippen LogP contribution in [0.4, 0.5) is 5.69 Å². The van der Waals surface area contributed by atoms with Gasteiger partial charge >= 0.3 is 0 Å². The van der Waals surface area contributed by atoms with Gasteiger partial charge in [-0.1, -0.05) is 18.5 Å². The summed E-state index contributed by atoms with van der Waals surface area (Å²) in [5.41, 5.74) is -1.51. The van der Waals surface area contributed by atoms with Crippen LogP contribution >= 0.6 is 11.6 Å². The lowest BCUT2D eigenvalue weighted by molar-refractivity contribution is -0.384. The van der Waals surface area contributed by atoms with Crippen molar-refractivity contribution >= 4 is 23.2 Å². The van der Waals surface area contributed by atoms with Gasteiger partial charge in [0, 0.05) is 11.6 Å². The maximum Gasteiger partial charge on any atom is 0.288 e. The molecule has 0 fully saturated rings. The lowest BCUT2D eigenvalue weighted by Crippen LogP contribution is -2.53. The zero-order valence-electron chi connectivity index (χ0n) is 10.8. The number of nitro benzene ring substituents is 1. The molecular formula is C12H15ClN2O5. The van der Waals surface area contributed by atoms with Crippen LogP contribution in [-0.2, 0) is 0 Å². The van der Waals surface area contributed by atoms with E-state index in [4.69, 9.17) is 11.6 Å². The van der Waals surface area contributed by atoms with E-state index in [-0.39, 0.29) is 16.3 Å². The van der Waals surface area contributed by atoms with Crippen molar-refractivity contribution in [2.24, 2.45) is 0 Å². The smallest absolute Gasteiger partial charge is 0.288 e. The zero-order chi connectivity index (χ0) is 15.3. The van der Waals surface area contributed by atoms with Gasteiger partial charge in [0.05, 0.1) is 23.7 Å². The summed E-state index contributed by atoms with van der Waals surface area (Å²) in [5, 5.41) is 31.7. The van der Waals surface area contributed by atoms with E-state index in [1.165, 1.54) is 12.1 Å². The quantitative estimate of drug-likeness (QED) is 0.538. The molecule has 1 aromatic rings. The summed E-state index contributed by atoms with van der Waals surface area (Å²) in [7, 11) is 0. The lowest BCUT2D eigenvalue weighted by Gasteiger charge is -2.29. The summed E-state index contributed by atoms with van der Waals surface area (Å²) in [4.78, 5) is 22.1. The van der Waals surface area contributed by atoms with Gasteiger partial charge in [0.25, 0.3) is 11.6 Å². The van der Waals surface area contributed by atoms with Gasteiger partial charge in [-0.15, -0.1) is 0 Å². The standard InChI is InChI=1S/C12H15ClN2O5/c1-2-12(6-16,7-17)14-11(18)8-3-4-9(13)10(5-8)15(19)20/h3-5,16-17H,2,6-7H2,1H3,(H,14,18). The molecule has 0 saturated carbocycles. The second-order valence-corrected chi connectivity index (χ2v) is 4.73. The molecule has 0 aromatic heterocycles. The molecule has 8 heteroatoms. The minimum Gasteiger partial charge on any atom is -0.394 e. The van der Waals surface area contributed by atoms with Gasteiger partial charge in [-0.2, -0.15) is 0 Å². The first-order valence-electron chi connectivity index (χ1n) is 5.87. The van der Waals surface area contributed by atoms with Crippen LogP contribution in [0.1, 0.15) is 23.7 Å². The third kappa shape index (κ3) is 3.44. The molecule has 0 bridgehead atoms. The van der Waals surface area contributed by atoms with Crippen LogP contribution in [0.25, 0.3) is 0 Å². The highest BCUT2D eigenvalue weighted by Crippen LogP contribution is 2.25. The predicted octanol–water partition coefficient (Wildman–Crippen LogP) is 1.11. The average molecular weight is 303 g/mol. The first-order chi connectivity index (χ1) is 9.39. The monoisotopic (exact) mass is 302 g/mol. The number of halogens is 1. The second-order valence-electron chi connectivity index (χ2n) is 4.33. The van der Waals surface area contributed by atoms with Crippen molar-refractivity contribution in [3.8, 4) is 0 Å². The van der Waals surface area contributed by atoms with Crippen molar-refractivity contribution in [1.82, 2.24) is 5.32 Å². The molecule has 0 spiro atoms. The van der Waals surface area contributed by atoms with Crippen molar-refractivity contribution in [2.45, 2.75) is 18.9 Å². The summed E-state index contributed by atoms with van der Waals surface area (Å²) in [6.07, 6.45) is 0.307. The van der Waals surface area contributed by atoms with Gasteiger partial charge in [0.15, 0.2) is 0 Å². The maximum absolute atomic E-state index is 12.0.